The van der Waals surface area contributed by atoms with Crippen molar-refractivity contribution in [2.75, 3.05) is 13.1 Å². The summed E-state index contributed by atoms with van der Waals surface area (Å²) in [6, 6.07) is 0. The molecule has 1 fully saturated rings. The smallest absolute Gasteiger partial charge is 0.270 e. The van der Waals surface area contributed by atoms with E-state index in [2.05, 4.69) is 10.3 Å². The molecule has 94 valence electrons. The molecule has 0 unspecified atom stereocenters. The Morgan fingerprint density at radius 3 is 3.00 bits per heavy atom. The molecule has 1 aliphatic rings. The molecule has 4 nitrogen and oxygen atoms in total. The van der Waals surface area contributed by atoms with E-state index in [4.69, 9.17) is 5.73 Å². The van der Waals surface area contributed by atoms with Gasteiger partial charge >= 0.3 is 0 Å². The molecule has 1 aromatic heterocycles. The summed E-state index contributed by atoms with van der Waals surface area (Å²) >= 11 is 1.51. The van der Waals surface area contributed by atoms with Gasteiger partial charge in [-0.05, 0) is 25.3 Å². The molecule has 1 aliphatic carbocycles. The van der Waals surface area contributed by atoms with Crippen LogP contribution in [0.1, 0.15) is 41.2 Å². The molecule has 0 spiro atoms. The first-order chi connectivity index (χ1) is 8.29. The first-order valence-electron chi connectivity index (χ1n) is 6.22. The van der Waals surface area contributed by atoms with E-state index in [9.17, 15) is 4.79 Å². The molecule has 1 heterocycles. The van der Waals surface area contributed by atoms with E-state index in [0.29, 0.717) is 18.2 Å². The number of nitrogens with one attached hydrogen (secondary N) is 1. The zero-order valence-corrected chi connectivity index (χ0v) is 10.8. The van der Waals surface area contributed by atoms with Crippen LogP contribution in [-0.4, -0.2) is 24.0 Å². The Morgan fingerprint density at radius 1 is 1.53 bits per heavy atom. The molecule has 2 rings (SSSR count). The van der Waals surface area contributed by atoms with Crippen LogP contribution < -0.4 is 11.1 Å². The van der Waals surface area contributed by atoms with E-state index in [0.717, 1.165) is 18.0 Å². The summed E-state index contributed by atoms with van der Waals surface area (Å²) in [5.41, 5.74) is 5.99. The van der Waals surface area contributed by atoms with Crippen molar-refractivity contribution < 1.29 is 4.79 Å². The Hall–Kier alpha value is -0.940. The summed E-state index contributed by atoms with van der Waals surface area (Å²) in [5.74, 6) is 0.623. The molecule has 1 saturated carbocycles. The van der Waals surface area contributed by atoms with Gasteiger partial charge in [-0.3, -0.25) is 4.79 Å². The highest BCUT2D eigenvalue weighted by atomic mass is 32.1. The summed E-state index contributed by atoms with van der Waals surface area (Å²) in [6.07, 6.45) is 5.85. The van der Waals surface area contributed by atoms with Gasteiger partial charge in [0.1, 0.15) is 5.69 Å². The molecule has 0 aliphatic heterocycles. The number of hydrogen-bond acceptors (Lipinski definition) is 4. The second-order valence-corrected chi connectivity index (χ2v) is 5.47. The molecule has 0 atom stereocenters. The number of amides is 1. The standard InChI is InChI=1S/C12H19N3OS/c13-6-5-11-15-10(8-17-11)12(16)14-7-9-3-1-2-4-9/h8-9H,1-7,13H2,(H,14,16). The van der Waals surface area contributed by atoms with Gasteiger partial charge in [0, 0.05) is 18.3 Å². The van der Waals surface area contributed by atoms with Gasteiger partial charge in [-0.1, -0.05) is 12.8 Å². The number of hydrogen-bond donors (Lipinski definition) is 2. The number of thiazole rings is 1. The molecule has 0 aromatic carbocycles. The Bertz CT molecular complexity index is 372. The molecule has 0 bridgehead atoms. The van der Waals surface area contributed by atoms with E-state index < -0.39 is 0 Å². The van der Waals surface area contributed by atoms with Gasteiger partial charge in [-0.25, -0.2) is 4.98 Å². The topological polar surface area (TPSA) is 68.0 Å². The van der Waals surface area contributed by atoms with Crippen molar-refractivity contribution in [3.63, 3.8) is 0 Å². The van der Waals surface area contributed by atoms with E-state index in [1.54, 1.807) is 0 Å². The highest BCUT2D eigenvalue weighted by molar-refractivity contribution is 7.09. The monoisotopic (exact) mass is 253 g/mol. The van der Waals surface area contributed by atoms with Gasteiger partial charge in [0.25, 0.3) is 5.91 Å². The van der Waals surface area contributed by atoms with Crippen LogP contribution in [0.3, 0.4) is 0 Å². The minimum atomic E-state index is -0.0450. The van der Waals surface area contributed by atoms with Crippen molar-refractivity contribution in [1.82, 2.24) is 10.3 Å². The third-order valence-electron chi connectivity index (χ3n) is 3.17. The van der Waals surface area contributed by atoms with Crippen LogP contribution in [-0.2, 0) is 6.42 Å². The molecule has 1 amide bonds. The lowest BCUT2D eigenvalue weighted by molar-refractivity contribution is 0.0943. The quantitative estimate of drug-likeness (QED) is 0.837. The summed E-state index contributed by atoms with van der Waals surface area (Å²) in [7, 11) is 0. The fraction of sp³-hybridized carbons (Fsp3) is 0.667. The number of nitrogens with zero attached hydrogens (tertiary/aromatic N) is 1. The maximum atomic E-state index is 11.8. The van der Waals surface area contributed by atoms with E-state index in [1.165, 1.54) is 37.0 Å². The van der Waals surface area contributed by atoms with Gasteiger partial charge in [0.15, 0.2) is 0 Å². The van der Waals surface area contributed by atoms with Gasteiger partial charge in [-0.15, -0.1) is 11.3 Å². The van der Waals surface area contributed by atoms with Crippen molar-refractivity contribution >= 4 is 17.2 Å². The van der Waals surface area contributed by atoms with Crippen LogP contribution in [0, 0.1) is 5.92 Å². The zero-order valence-electron chi connectivity index (χ0n) is 9.95. The molecule has 3 N–H and O–H groups in total. The van der Waals surface area contributed by atoms with Crippen LogP contribution in [0.2, 0.25) is 0 Å². The third kappa shape index (κ3) is 3.51. The molecular weight excluding hydrogens is 234 g/mol. The predicted octanol–water partition coefficient (Wildman–Crippen LogP) is 1.56. The normalized spacial score (nSPS) is 16.3. The van der Waals surface area contributed by atoms with Crippen LogP contribution in [0.15, 0.2) is 5.38 Å². The molecular formula is C12H19N3OS. The fourth-order valence-electron chi connectivity index (χ4n) is 2.20. The predicted molar refractivity (Wildman–Crippen MR) is 69.2 cm³/mol. The first-order valence-corrected chi connectivity index (χ1v) is 7.10. The van der Waals surface area contributed by atoms with Crippen molar-refractivity contribution in [3.8, 4) is 0 Å². The summed E-state index contributed by atoms with van der Waals surface area (Å²) in [4.78, 5) is 16.1. The lowest BCUT2D eigenvalue weighted by Gasteiger charge is -2.09. The Kier molecular flexibility index (Phi) is 4.50. The van der Waals surface area contributed by atoms with Crippen molar-refractivity contribution in [1.29, 1.82) is 0 Å². The first kappa shape index (κ1) is 12.5. The molecule has 0 saturated heterocycles. The lowest BCUT2D eigenvalue weighted by atomic mass is 10.1. The second-order valence-electron chi connectivity index (χ2n) is 4.53. The number of aromatic nitrogens is 1. The maximum Gasteiger partial charge on any atom is 0.270 e. The molecule has 17 heavy (non-hydrogen) atoms. The van der Waals surface area contributed by atoms with Crippen molar-refractivity contribution in [3.05, 3.63) is 16.1 Å². The molecule has 1 aromatic rings. The minimum Gasteiger partial charge on any atom is -0.350 e. The zero-order chi connectivity index (χ0) is 12.1. The van der Waals surface area contributed by atoms with Crippen LogP contribution >= 0.6 is 11.3 Å². The van der Waals surface area contributed by atoms with E-state index in [1.807, 2.05) is 5.38 Å². The Labute approximate surface area is 106 Å². The Morgan fingerprint density at radius 2 is 2.29 bits per heavy atom. The number of nitrogens with two attached hydrogens (primary N) is 1. The van der Waals surface area contributed by atoms with Crippen LogP contribution in [0.25, 0.3) is 0 Å². The average molecular weight is 253 g/mol. The SMILES string of the molecule is NCCc1nc(C(=O)NCC2CCCC2)cs1. The Balaban J connectivity index is 1.81. The summed E-state index contributed by atoms with van der Waals surface area (Å²) in [5, 5.41) is 5.73. The van der Waals surface area contributed by atoms with Crippen LogP contribution in [0.5, 0.6) is 0 Å². The van der Waals surface area contributed by atoms with Gasteiger partial charge in [-0.2, -0.15) is 0 Å². The summed E-state index contributed by atoms with van der Waals surface area (Å²) in [6.45, 7) is 1.37. The van der Waals surface area contributed by atoms with Gasteiger partial charge < -0.3 is 11.1 Å². The highest BCUT2D eigenvalue weighted by Crippen LogP contribution is 2.23. The third-order valence-corrected chi connectivity index (χ3v) is 4.08. The second kappa shape index (κ2) is 6.12. The minimum absolute atomic E-state index is 0.0450. The van der Waals surface area contributed by atoms with Crippen molar-refractivity contribution in [2.24, 2.45) is 11.7 Å². The highest BCUT2D eigenvalue weighted by Gasteiger charge is 2.17. The molecule has 5 heteroatoms. The van der Waals surface area contributed by atoms with E-state index >= 15 is 0 Å². The number of carbonyl (C=O) groups excluding carboxylic acids is 1. The largest absolute Gasteiger partial charge is 0.350 e. The lowest BCUT2D eigenvalue weighted by Crippen LogP contribution is -2.28. The van der Waals surface area contributed by atoms with Gasteiger partial charge in [0.05, 0.1) is 5.01 Å². The average Bonchev–Trinajstić information content (AvgIpc) is 2.97. The number of rotatable bonds is 5. The summed E-state index contributed by atoms with van der Waals surface area (Å²) < 4.78 is 0. The van der Waals surface area contributed by atoms with Gasteiger partial charge in [0.2, 0.25) is 0 Å². The van der Waals surface area contributed by atoms with Crippen LogP contribution in [0.4, 0.5) is 0 Å². The van der Waals surface area contributed by atoms with Crippen molar-refractivity contribution in [2.45, 2.75) is 32.1 Å². The number of carbonyl (C=O) groups is 1. The maximum absolute atomic E-state index is 11.8. The molecule has 0 radical (unpaired) electrons. The fourth-order valence-corrected chi connectivity index (χ4v) is 2.99. The van der Waals surface area contributed by atoms with E-state index in [-0.39, 0.29) is 5.91 Å².